The summed E-state index contributed by atoms with van der Waals surface area (Å²) < 4.78 is 14.8. The molecule has 0 aliphatic carbocycles. The van der Waals surface area contributed by atoms with Gasteiger partial charge in [0.05, 0.1) is 7.18 Å². The Morgan fingerprint density at radius 3 is 1.40 bits per heavy atom. The molecule has 1 radical (unpaired) electrons. The summed E-state index contributed by atoms with van der Waals surface area (Å²) in [5, 5.41) is 0. The molecule has 1 nitrogen and oxygen atoms in total. The van der Waals surface area contributed by atoms with Gasteiger partial charge in [0.2, 0.25) is 0 Å². The SMILES string of the molecule is CF.N=S.[Y]. The first-order valence-electron chi connectivity index (χ1n) is 0.582. The fraction of sp³-hybridized carbons (Fsp3) is 1.00. The van der Waals surface area contributed by atoms with Crippen molar-refractivity contribution in [3.05, 3.63) is 0 Å². The van der Waals surface area contributed by atoms with Crippen LogP contribution in [0.4, 0.5) is 4.39 Å². The molecule has 0 aliphatic heterocycles. The molecule has 4 heteroatoms. The number of hydrogen-bond donors (Lipinski definition) is 1. The number of alkyl halides is 1. The van der Waals surface area contributed by atoms with Crippen LogP contribution in [0.2, 0.25) is 0 Å². The molecule has 0 heterocycles. The Kier molecular flexibility index (Phi) is 248. The largest absolute Gasteiger partial charge is 0.255 e. The van der Waals surface area contributed by atoms with Crippen LogP contribution in [0.1, 0.15) is 0 Å². The average molecular weight is 170 g/mol. The zero-order valence-corrected chi connectivity index (χ0v) is 6.52. The van der Waals surface area contributed by atoms with Crippen molar-refractivity contribution in [2.45, 2.75) is 0 Å². The minimum absolute atomic E-state index is 0. The normalized spacial score (nSPS) is 2.00. The molecule has 0 saturated heterocycles. The van der Waals surface area contributed by atoms with Crippen molar-refractivity contribution in [1.82, 2.24) is 0 Å². The third-order valence-electron chi connectivity index (χ3n) is 0. The van der Waals surface area contributed by atoms with Gasteiger partial charge in [-0.1, -0.05) is 0 Å². The van der Waals surface area contributed by atoms with E-state index in [0.29, 0.717) is 7.18 Å². The Bertz CT molecular complexity index is 11.6. The average Bonchev–Trinajstić information content (AvgIpc) is 1.50. The summed E-state index contributed by atoms with van der Waals surface area (Å²) in [6.45, 7) is 0. The van der Waals surface area contributed by atoms with E-state index in [1.807, 2.05) is 0 Å². The minimum atomic E-state index is 0. The molecule has 0 fully saturated rings. The molecule has 0 aromatic rings. The minimum Gasteiger partial charge on any atom is -0.255 e. The van der Waals surface area contributed by atoms with Gasteiger partial charge >= 0.3 is 0 Å². The van der Waals surface area contributed by atoms with E-state index >= 15 is 0 Å². The van der Waals surface area contributed by atoms with Gasteiger partial charge in [0.15, 0.2) is 0 Å². The molecule has 0 amide bonds. The van der Waals surface area contributed by atoms with Crippen LogP contribution in [-0.2, 0) is 45.1 Å². The monoisotopic (exact) mass is 170 g/mol. The first-order chi connectivity index (χ1) is 2.00. The van der Waals surface area contributed by atoms with Gasteiger partial charge in [-0.05, 0) is 0 Å². The second kappa shape index (κ2) is 74.8. The summed E-state index contributed by atoms with van der Waals surface area (Å²) in [6.07, 6.45) is 0. The van der Waals surface area contributed by atoms with E-state index in [1.165, 1.54) is 0 Å². The summed E-state index contributed by atoms with van der Waals surface area (Å²) in [6, 6.07) is 0. The summed E-state index contributed by atoms with van der Waals surface area (Å²) in [5.41, 5.74) is 0. The molecule has 0 aromatic carbocycles. The molecule has 0 unspecified atom stereocenters. The standard InChI is InChI=1S/CH3F.HNS.Y/c2*1-2;/h1H3;1H;. The van der Waals surface area contributed by atoms with Crippen LogP contribution in [0, 0.1) is 4.78 Å². The van der Waals surface area contributed by atoms with E-state index in [4.69, 9.17) is 4.78 Å². The van der Waals surface area contributed by atoms with Gasteiger partial charge in [0, 0.05) is 45.1 Å². The van der Waals surface area contributed by atoms with Crippen molar-refractivity contribution in [2.24, 2.45) is 0 Å². The van der Waals surface area contributed by atoms with Crippen LogP contribution in [0.15, 0.2) is 0 Å². The van der Waals surface area contributed by atoms with Crippen molar-refractivity contribution in [1.29, 1.82) is 4.78 Å². The number of rotatable bonds is 0. The molecule has 0 spiro atoms. The summed E-state index contributed by atoms with van der Waals surface area (Å²) >= 11 is 3.33. The van der Waals surface area contributed by atoms with Gasteiger partial charge in [-0.15, -0.1) is 0 Å². The molecule has 0 aliphatic rings. The Hall–Kier alpha value is 1.05. The van der Waals surface area contributed by atoms with Gasteiger partial charge in [0.25, 0.3) is 0 Å². The first kappa shape index (κ1) is 16.6. The molecule has 5 heavy (non-hydrogen) atoms. The first-order valence-corrected chi connectivity index (χ1v) is 0.990. The topological polar surface area (TPSA) is 23.9 Å². The van der Waals surface area contributed by atoms with E-state index < -0.39 is 0 Å². The Balaban J connectivity index is -0.0000000133. The molecule has 29 valence electrons. The molecular weight excluding hydrogens is 166 g/mol. The molecule has 0 saturated carbocycles. The second-order valence-electron chi connectivity index (χ2n) is 0. The smallest absolute Gasteiger partial charge is 0.0785 e. The van der Waals surface area contributed by atoms with Crippen molar-refractivity contribution in [2.75, 3.05) is 7.18 Å². The van der Waals surface area contributed by atoms with Gasteiger partial charge in [-0.3, -0.25) is 4.39 Å². The third kappa shape index (κ3) is 42.4. The maximum atomic E-state index is 9.50. The maximum Gasteiger partial charge on any atom is 0.0785 e. The molecule has 0 rings (SSSR count). The molecule has 0 aromatic heterocycles. The predicted octanol–water partition coefficient (Wildman–Crippen LogP) is 0.879. The Morgan fingerprint density at radius 1 is 1.40 bits per heavy atom. The number of halogens is 1. The van der Waals surface area contributed by atoms with Crippen LogP contribution in [0.3, 0.4) is 0 Å². The van der Waals surface area contributed by atoms with Crippen molar-refractivity contribution in [3.63, 3.8) is 0 Å². The van der Waals surface area contributed by atoms with E-state index in [0.717, 1.165) is 0 Å². The number of nitrogens with one attached hydrogen (secondary N) is 1. The fourth-order valence-electron chi connectivity index (χ4n) is 0. The zero-order chi connectivity index (χ0) is 4.00. The molecule has 1 N–H and O–H groups in total. The van der Waals surface area contributed by atoms with Crippen LogP contribution < -0.4 is 0 Å². The van der Waals surface area contributed by atoms with Crippen molar-refractivity contribution < 1.29 is 37.1 Å². The summed E-state index contributed by atoms with van der Waals surface area (Å²) in [5.74, 6) is 0. The quantitative estimate of drug-likeness (QED) is 0.573. The summed E-state index contributed by atoms with van der Waals surface area (Å²) in [7, 11) is 0.500. The van der Waals surface area contributed by atoms with Crippen LogP contribution >= 0.6 is 0 Å². The fourth-order valence-corrected chi connectivity index (χ4v) is 0. The zero-order valence-electron chi connectivity index (χ0n) is 2.86. The second-order valence-corrected chi connectivity index (χ2v) is 0. The van der Waals surface area contributed by atoms with E-state index in [-0.39, 0.29) is 32.7 Å². The van der Waals surface area contributed by atoms with Gasteiger partial charge < -0.3 is 0 Å². The predicted molar refractivity (Wildman–Crippen MR) is 17.1 cm³/mol. The Labute approximate surface area is 61.2 Å². The molecular formula is CH4FNSY. The van der Waals surface area contributed by atoms with E-state index in [9.17, 15) is 4.39 Å². The van der Waals surface area contributed by atoms with E-state index in [2.05, 4.69) is 12.4 Å². The molecule has 0 bridgehead atoms. The summed E-state index contributed by atoms with van der Waals surface area (Å²) in [4.78, 5) is 0. The van der Waals surface area contributed by atoms with Gasteiger partial charge in [-0.2, -0.15) is 0 Å². The van der Waals surface area contributed by atoms with Crippen LogP contribution in [-0.4, -0.2) is 7.18 Å². The van der Waals surface area contributed by atoms with Gasteiger partial charge in [-0.25, -0.2) is 4.78 Å². The van der Waals surface area contributed by atoms with Crippen LogP contribution in [0.5, 0.6) is 0 Å². The maximum absolute atomic E-state index is 9.50. The van der Waals surface area contributed by atoms with Crippen molar-refractivity contribution >= 4 is 12.4 Å². The van der Waals surface area contributed by atoms with Crippen molar-refractivity contribution in [3.8, 4) is 0 Å². The number of hydrogen-bond acceptors (Lipinski definition) is 2. The van der Waals surface area contributed by atoms with Gasteiger partial charge in [0.1, 0.15) is 0 Å². The van der Waals surface area contributed by atoms with Crippen LogP contribution in [0.25, 0.3) is 0 Å². The van der Waals surface area contributed by atoms with E-state index in [1.54, 1.807) is 0 Å². The Morgan fingerprint density at radius 2 is 1.40 bits per heavy atom. The molecule has 0 atom stereocenters. The third-order valence-corrected chi connectivity index (χ3v) is 0.